The van der Waals surface area contributed by atoms with Crippen molar-refractivity contribution in [1.29, 1.82) is 0 Å². The maximum atomic E-state index is 12.9. The second kappa shape index (κ2) is 9.73. The number of aliphatic imine (C=N–C) groups is 1. The molecule has 35 heavy (non-hydrogen) atoms. The summed E-state index contributed by atoms with van der Waals surface area (Å²) < 4.78 is 11.4. The Labute approximate surface area is 203 Å². The highest BCUT2D eigenvalue weighted by molar-refractivity contribution is 5.97. The normalized spacial score (nSPS) is 19.6. The Morgan fingerprint density at radius 3 is 2.46 bits per heavy atom. The SMILES string of the molecule is CC(C)(C)OC(=O)N1CCC[C@H]1C(=O)Nc1ccc(C2CN=C(c3ccc([N+](=O)[O-])cc3)O2)cc1. The van der Waals surface area contributed by atoms with Crippen LogP contribution in [0.3, 0.4) is 0 Å². The summed E-state index contributed by atoms with van der Waals surface area (Å²) in [6.45, 7) is 6.30. The van der Waals surface area contributed by atoms with Crippen molar-refractivity contribution >= 4 is 29.3 Å². The van der Waals surface area contributed by atoms with Gasteiger partial charge in [0.25, 0.3) is 5.69 Å². The molecule has 2 aromatic rings. The summed E-state index contributed by atoms with van der Waals surface area (Å²) in [5.74, 6) is 0.188. The Morgan fingerprint density at radius 2 is 1.83 bits per heavy atom. The van der Waals surface area contributed by atoms with Crippen LogP contribution in [-0.4, -0.2) is 52.5 Å². The molecular formula is C25H28N4O6. The first kappa shape index (κ1) is 24.2. The standard InChI is InChI=1S/C25H28N4O6/c1-25(2,3)35-24(31)28-14-4-5-20(28)22(30)27-18-10-6-16(7-11-18)21-15-26-23(34-21)17-8-12-19(13-9-17)29(32)33/h6-13,20-21H,4-5,14-15H2,1-3H3,(H,27,30)/t20-,21?/m0/s1. The van der Waals surface area contributed by atoms with E-state index in [1.807, 2.05) is 12.1 Å². The third kappa shape index (κ3) is 5.76. The van der Waals surface area contributed by atoms with Crippen molar-refractivity contribution in [2.45, 2.75) is 51.4 Å². The molecule has 4 rings (SSSR count). The summed E-state index contributed by atoms with van der Waals surface area (Å²) >= 11 is 0. The van der Waals surface area contributed by atoms with Gasteiger partial charge in [0.2, 0.25) is 11.8 Å². The zero-order valence-corrected chi connectivity index (χ0v) is 19.9. The third-order valence-electron chi connectivity index (χ3n) is 5.71. The molecule has 2 aliphatic rings. The Bertz CT molecular complexity index is 1140. The maximum absolute atomic E-state index is 12.9. The molecule has 2 amide bonds. The largest absolute Gasteiger partial charge is 0.467 e. The molecule has 2 atom stereocenters. The van der Waals surface area contributed by atoms with E-state index in [1.165, 1.54) is 17.0 Å². The molecule has 10 nitrogen and oxygen atoms in total. The van der Waals surface area contributed by atoms with Crippen LogP contribution < -0.4 is 5.32 Å². The van der Waals surface area contributed by atoms with Gasteiger partial charge in [-0.05, 0) is 63.4 Å². The third-order valence-corrected chi connectivity index (χ3v) is 5.71. The lowest BCUT2D eigenvalue weighted by Gasteiger charge is -2.28. The molecular weight excluding hydrogens is 452 g/mol. The van der Waals surface area contributed by atoms with Crippen molar-refractivity contribution in [2.24, 2.45) is 4.99 Å². The van der Waals surface area contributed by atoms with Crippen molar-refractivity contribution in [3.8, 4) is 0 Å². The number of nitrogens with one attached hydrogen (secondary N) is 1. The number of non-ortho nitro benzene ring substituents is 1. The molecule has 0 aromatic heterocycles. The number of benzene rings is 2. The summed E-state index contributed by atoms with van der Waals surface area (Å²) in [5, 5.41) is 13.7. The summed E-state index contributed by atoms with van der Waals surface area (Å²) in [4.78, 5) is 41.6. The maximum Gasteiger partial charge on any atom is 0.410 e. The summed E-state index contributed by atoms with van der Waals surface area (Å²) in [6.07, 6.45) is 0.559. The second-order valence-corrected chi connectivity index (χ2v) is 9.50. The van der Waals surface area contributed by atoms with E-state index in [0.717, 1.165) is 12.0 Å². The number of hydrogen-bond donors (Lipinski definition) is 1. The van der Waals surface area contributed by atoms with Crippen LogP contribution in [0.4, 0.5) is 16.2 Å². The Kier molecular flexibility index (Phi) is 6.72. The van der Waals surface area contributed by atoms with Crippen LogP contribution in [0.2, 0.25) is 0 Å². The molecule has 10 heteroatoms. The summed E-state index contributed by atoms with van der Waals surface area (Å²) in [5.41, 5.74) is 1.56. The molecule has 1 unspecified atom stereocenters. The average molecular weight is 481 g/mol. The minimum Gasteiger partial charge on any atom is -0.467 e. The molecule has 2 aliphatic heterocycles. The number of anilines is 1. The van der Waals surface area contributed by atoms with E-state index in [9.17, 15) is 19.7 Å². The number of carbonyl (C=O) groups excluding carboxylic acids is 2. The molecule has 1 N–H and O–H groups in total. The quantitative estimate of drug-likeness (QED) is 0.498. The van der Waals surface area contributed by atoms with E-state index >= 15 is 0 Å². The van der Waals surface area contributed by atoms with Crippen LogP contribution in [-0.2, 0) is 14.3 Å². The molecule has 1 saturated heterocycles. The number of nitrogens with zero attached hydrogens (tertiary/aromatic N) is 3. The Balaban J connectivity index is 1.34. The van der Waals surface area contributed by atoms with Gasteiger partial charge in [-0.1, -0.05) is 12.1 Å². The van der Waals surface area contributed by atoms with Crippen LogP contribution in [0.15, 0.2) is 53.5 Å². The molecule has 0 saturated carbocycles. The van der Waals surface area contributed by atoms with Gasteiger partial charge in [-0.3, -0.25) is 19.8 Å². The predicted molar refractivity (Wildman–Crippen MR) is 129 cm³/mol. The zero-order chi connectivity index (χ0) is 25.2. The fraction of sp³-hybridized carbons (Fsp3) is 0.400. The highest BCUT2D eigenvalue weighted by atomic mass is 16.6. The van der Waals surface area contributed by atoms with Gasteiger partial charge in [0.05, 0.1) is 11.5 Å². The lowest BCUT2D eigenvalue weighted by molar-refractivity contribution is -0.384. The first-order valence-electron chi connectivity index (χ1n) is 11.5. The van der Waals surface area contributed by atoms with Crippen LogP contribution in [0.25, 0.3) is 0 Å². The molecule has 0 aliphatic carbocycles. The molecule has 0 spiro atoms. The minimum atomic E-state index is -0.624. The predicted octanol–water partition coefficient (Wildman–Crippen LogP) is 4.45. The molecule has 2 aromatic carbocycles. The summed E-state index contributed by atoms with van der Waals surface area (Å²) in [7, 11) is 0. The molecule has 1 fully saturated rings. The van der Waals surface area contributed by atoms with E-state index in [4.69, 9.17) is 9.47 Å². The Morgan fingerprint density at radius 1 is 1.14 bits per heavy atom. The van der Waals surface area contributed by atoms with Crippen molar-refractivity contribution in [2.75, 3.05) is 18.4 Å². The smallest absolute Gasteiger partial charge is 0.410 e. The first-order valence-corrected chi connectivity index (χ1v) is 11.5. The highest BCUT2D eigenvalue weighted by Gasteiger charge is 2.36. The van der Waals surface area contributed by atoms with Crippen LogP contribution in [0.1, 0.15) is 50.8 Å². The van der Waals surface area contributed by atoms with E-state index in [1.54, 1.807) is 45.0 Å². The number of ether oxygens (including phenoxy) is 2. The first-order chi connectivity index (χ1) is 16.6. The van der Waals surface area contributed by atoms with Gasteiger partial charge in [0.1, 0.15) is 17.7 Å². The van der Waals surface area contributed by atoms with E-state index in [0.29, 0.717) is 36.7 Å². The van der Waals surface area contributed by atoms with E-state index in [2.05, 4.69) is 10.3 Å². The molecule has 0 bridgehead atoms. The minimum absolute atomic E-state index is 0.00773. The van der Waals surface area contributed by atoms with Crippen molar-refractivity contribution in [3.05, 3.63) is 69.8 Å². The van der Waals surface area contributed by atoms with Gasteiger partial charge in [-0.15, -0.1) is 0 Å². The number of likely N-dealkylation sites (tertiary alicyclic amines) is 1. The van der Waals surface area contributed by atoms with Gasteiger partial charge in [-0.2, -0.15) is 0 Å². The fourth-order valence-electron chi connectivity index (χ4n) is 4.02. The number of carbonyl (C=O) groups is 2. The molecule has 184 valence electrons. The number of nitro groups is 1. The molecule has 2 heterocycles. The summed E-state index contributed by atoms with van der Waals surface area (Å²) in [6, 6.07) is 12.8. The zero-order valence-electron chi connectivity index (χ0n) is 19.9. The van der Waals surface area contributed by atoms with Gasteiger partial charge in [-0.25, -0.2) is 9.79 Å². The van der Waals surface area contributed by atoms with E-state index < -0.39 is 22.7 Å². The highest BCUT2D eigenvalue weighted by Crippen LogP contribution is 2.28. The van der Waals surface area contributed by atoms with Crippen LogP contribution in [0.5, 0.6) is 0 Å². The molecule has 0 radical (unpaired) electrons. The number of rotatable bonds is 5. The second-order valence-electron chi connectivity index (χ2n) is 9.50. The Hall–Kier alpha value is -3.95. The topological polar surface area (TPSA) is 123 Å². The lowest BCUT2D eigenvalue weighted by atomic mass is 10.1. The van der Waals surface area contributed by atoms with Crippen LogP contribution >= 0.6 is 0 Å². The van der Waals surface area contributed by atoms with Gasteiger partial charge < -0.3 is 14.8 Å². The van der Waals surface area contributed by atoms with Crippen molar-refractivity contribution < 1.29 is 24.0 Å². The van der Waals surface area contributed by atoms with E-state index in [-0.39, 0.29) is 17.7 Å². The van der Waals surface area contributed by atoms with Gasteiger partial charge >= 0.3 is 6.09 Å². The number of nitro benzene ring substituents is 1. The number of amides is 2. The van der Waals surface area contributed by atoms with Crippen molar-refractivity contribution in [1.82, 2.24) is 4.90 Å². The van der Waals surface area contributed by atoms with Gasteiger partial charge in [0.15, 0.2) is 0 Å². The fourth-order valence-corrected chi connectivity index (χ4v) is 4.02. The average Bonchev–Trinajstić information content (AvgIpc) is 3.49. The van der Waals surface area contributed by atoms with Gasteiger partial charge in [0, 0.05) is 29.9 Å². The van der Waals surface area contributed by atoms with Crippen LogP contribution in [0, 0.1) is 10.1 Å². The number of hydrogen-bond acceptors (Lipinski definition) is 7. The monoisotopic (exact) mass is 480 g/mol. The van der Waals surface area contributed by atoms with Crippen molar-refractivity contribution in [3.63, 3.8) is 0 Å². The lowest BCUT2D eigenvalue weighted by Crippen LogP contribution is -2.45.